The van der Waals surface area contributed by atoms with Crippen molar-refractivity contribution in [2.45, 2.75) is 6.92 Å². The zero-order valence-electron chi connectivity index (χ0n) is 9.40. The Bertz CT molecular complexity index is 460. The van der Waals surface area contributed by atoms with Crippen molar-refractivity contribution in [1.82, 2.24) is 0 Å². The molecule has 2 heteroatoms. The van der Waals surface area contributed by atoms with E-state index in [1.54, 1.807) is 0 Å². The SMILES string of the molecule is CCNc1ccc(-c2cccc(N)c2)cc1. The summed E-state index contributed by atoms with van der Waals surface area (Å²) in [6.45, 7) is 3.03. The smallest absolute Gasteiger partial charge is 0.0340 e. The van der Waals surface area contributed by atoms with Crippen LogP contribution in [-0.4, -0.2) is 6.54 Å². The molecule has 0 fully saturated rings. The van der Waals surface area contributed by atoms with Gasteiger partial charge in [0.05, 0.1) is 0 Å². The minimum Gasteiger partial charge on any atom is -0.399 e. The summed E-state index contributed by atoms with van der Waals surface area (Å²) in [4.78, 5) is 0. The monoisotopic (exact) mass is 212 g/mol. The van der Waals surface area contributed by atoms with E-state index in [1.165, 1.54) is 5.56 Å². The number of nitrogens with two attached hydrogens (primary N) is 1. The van der Waals surface area contributed by atoms with Crippen molar-refractivity contribution in [2.24, 2.45) is 0 Å². The van der Waals surface area contributed by atoms with E-state index in [9.17, 15) is 0 Å². The summed E-state index contributed by atoms with van der Waals surface area (Å²) in [6, 6.07) is 16.3. The molecule has 0 aromatic heterocycles. The summed E-state index contributed by atoms with van der Waals surface area (Å²) in [7, 11) is 0. The summed E-state index contributed by atoms with van der Waals surface area (Å²) in [6.07, 6.45) is 0. The Morgan fingerprint density at radius 2 is 1.75 bits per heavy atom. The first-order chi connectivity index (χ1) is 7.79. The second-order valence-electron chi connectivity index (χ2n) is 3.73. The first-order valence-electron chi connectivity index (χ1n) is 5.49. The lowest BCUT2D eigenvalue weighted by atomic mass is 10.0. The summed E-state index contributed by atoms with van der Waals surface area (Å²) >= 11 is 0. The molecule has 2 aromatic rings. The molecular formula is C14H16N2. The van der Waals surface area contributed by atoms with Crippen LogP contribution in [0.4, 0.5) is 11.4 Å². The zero-order chi connectivity index (χ0) is 11.4. The molecule has 82 valence electrons. The van der Waals surface area contributed by atoms with Gasteiger partial charge >= 0.3 is 0 Å². The van der Waals surface area contributed by atoms with Crippen LogP contribution in [0.3, 0.4) is 0 Å². The summed E-state index contributed by atoms with van der Waals surface area (Å²) < 4.78 is 0. The Hall–Kier alpha value is -1.96. The van der Waals surface area contributed by atoms with Crippen molar-refractivity contribution < 1.29 is 0 Å². The van der Waals surface area contributed by atoms with Gasteiger partial charge in [-0.05, 0) is 42.3 Å². The number of nitrogen functional groups attached to an aromatic ring is 1. The van der Waals surface area contributed by atoms with Gasteiger partial charge in [-0.25, -0.2) is 0 Å². The van der Waals surface area contributed by atoms with Crippen LogP contribution in [0.5, 0.6) is 0 Å². The van der Waals surface area contributed by atoms with E-state index in [1.807, 2.05) is 18.2 Å². The topological polar surface area (TPSA) is 38.0 Å². The van der Waals surface area contributed by atoms with Crippen LogP contribution in [0, 0.1) is 0 Å². The lowest BCUT2D eigenvalue weighted by Gasteiger charge is -2.06. The molecule has 3 N–H and O–H groups in total. The van der Waals surface area contributed by atoms with Crippen LogP contribution >= 0.6 is 0 Å². The van der Waals surface area contributed by atoms with Crippen molar-refractivity contribution in [3.63, 3.8) is 0 Å². The quantitative estimate of drug-likeness (QED) is 0.765. The maximum Gasteiger partial charge on any atom is 0.0340 e. The molecule has 0 atom stereocenters. The third-order valence-electron chi connectivity index (χ3n) is 2.49. The number of benzene rings is 2. The van der Waals surface area contributed by atoms with Gasteiger partial charge in [0, 0.05) is 17.9 Å². The van der Waals surface area contributed by atoms with Gasteiger partial charge in [0.1, 0.15) is 0 Å². The highest BCUT2D eigenvalue weighted by Gasteiger charge is 1.97. The average molecular weight is 212 g/mol. The second-order valence-corrected chi connectivity index (χ2v) is 3.73. The fraction of sp³-hybridized carbons (Fsp3) is 0.143. The fourth-order valence-corrected chi connectivity index (χ4v) is 1.70. The average Bonchev–Trinajstić information content (AvgIpc) is 2.30. The van der Waals surface area contributed by atoms with Crippen LogP contribution in [-0.2, 0) is 0 Å². The Kier molecular flexibility index (Phi) is 3.10. The third kappa shape index (κ3) is 2.34. The Balaban J connectivity index is 2.27. The number of rotatable bonds is 3. The summed E-state index contributed by atoms with van der Waals surface area (Å²) in [5.41, 5.74) is 10.1. The van der Waals surface area contributed by atoms with Crippen LogP contribution in [0.1, 0.15) is 6.92 Å². The number of nitrogens with one attached hydrogen (secondary N) is 1. The minimum atomic E-state index is 0.799. The van der Waals surface area contributed by atoms with Crippen molar-refractivity contribution in [3.05, 3.63) is 48.5 Å². The molecule has 0 amide bonds. The van der Waals surface area contributed by atoms with Crippen LogP contribution in [0.25, 0.3) is 11.1 Å². The highest BCUT2D eigenvalue weighted by Crippen LogP contribution is 2.22. The van der Waals surface area contributed by atoms with E-state index in [0.717, 1.165) is 23.5 Å². The van der Waals surface area contributed by atoms with E-state index in [-0.39, 0.29) is 0 Å². The molecule has 0 aliphatic heterocycles. The van der Waals surface area contributed by atoms with Crippen LogP contribution < -0.4 is 11.1 Å². The lowest BCUT2D eigenvalue weighted by Crippen LogP contribution is -1.95. The Labute approximate surface area is 96.1 Å². The maximum absolute atomic E-state index is 5.76. The molecule has 0 heterocycles. The van der Waals surface area contributed by atoms with Gasteiger partial charge in [-0.3, -0.25) is 0 Å². The normalized spacial score (nSPS) is 10.1. The zero-order valence-corrected chi connectivity index (χ0v) is 9.40. The number of anilines is 2. The van der Waals surface area contributed by atoms with Gasteiger partial charge in [0.2, 0.25) is 0 Å². The molecular weight excluding hydrogens is 196 g/mol. The van der Waals surface area contributed by atoms with Crippen molar-refractivity contribution in [2.75, 3.05) is 17.6 Å². The van der Waals surface area contributed by atoms with Gasteiger partial charge in [-0.15, -0.1) is 0 Å². The number of hydrogen-bond acceptors (Lipinski definition) is 2. The van der Waals surface area contributed by atoms with E-state index >= 15 is 0 Å². The van der Waals surface area contributed by atoms with Gasteiger partial charge < -0.3 is 11.1 Å². The predicted molar refractivity (Wildman–Crippen MR) is 70.5 cm³/mol. The lowest BCUT2D eigenvalue weighted by molar-refractivity contribution is 1.21. The molecule has 0 aliphatic rings. The summed E-state index contributed by atoms with van der Waals surface area (Å²) in [5, 5.41) is 3.27. The molecule has 0 saturated carbocycles. The van der Waals surface area contributed by atoms with Crippen molar-refractivity contribution >= 4 is 11.4 Å². The van der Waals surface area contributed by atoms with E-state index < -0.39 is 0 Å². The first-order valence-corrected chi connectivity index (χ1v) is 5.49. The molecule has 2 nitrogen and oxygen atoms in total. The largest absolute Gasteiger partial charge is 0.399 e. The van der Waals surface area contributed by atoms with Gasteiger partial charge in [0.25, 0.3) is 0 Å². The molecule has 0 aliphatic carbocycles. The molecule has 2 aromatic carbocycles. The molecule has 0 saturated heterocycles. The Morgan fingerprint density at radius 1 is 1.00 bits per heavy atom. The Morgan fingerprint density at radius 3 is 2.38 bits per heavy atom. The standard InChI is InChI=1S/C14H16N2/c1-2-16-14-8-6-11(7-9-14)12-4-3-5-13(15)10-12/h3-10,16H,2,15H2,1H3. The van der Waals surface area contributed by atoms with Gasteiger partial charge in [-0.2, -0.15) is 0 Å². The summed E-state index contributed by atoms with van der Waals surface area (Å²) in [5.74, 6) is 0. The highest BCUT2D eigenvalue weighted by molar-refractivity contribution is 5.69. The van der Waals surface area contributed by atoms with Crippen LogP contribution in [0.15, 0.2) is 48.5 Å². The molecule has 0 radical (unpaired) electrons. The van der Waals surface area contributed by atoms with Gasteiger partial charge in [-0.1, -0.05) is 24.3 Å². The van der Waals surface area contributed by atoms with E-state index in [4.69, 9.17) is 5.73 Å². The molecule has 0 spiro atoms. The minimum absolute atomic E-state index is 0.799. The van der Waals surface area contributed by atoms with Gasteiger partial charge in [0.15, 0.2) is 0 Å². The molecule has 0 bridgehead atoms. The molecule has 16 heavy (non-hydrogen) atoms. The first kappa shape index (κ1) is 10.6. The fourth-order valence-electron chi connectivity index (χ4n) is 1.70. The van der Waals surface area contributed by atoms with Crippen molar-refractivity contribution in [1.29, 1.82) is 0 Å². The third-order valence-corrected chi connectivity index (χ3v) is 2.49. The van der Waals surface area contributed by atoms with E-state index in [0.29, 0.717) is 0 Å². The second kappa shape index (κ2) is 4.71. The van der Waals surface area contributed by atoms with Crippen molar-refractivity contribution in [3.8, 4) is 11.1 Å². The van der Waals surface area contributed by atoms with E-state index in [2.05, 4.69) is 42.6 Å². The number of hydrogen-bond donors (Lipinski definition) is 2. The molecule has 0 unspecified atom stereocenters. The molecule has 2 rings (SSSR count). The highest BCUT2D eigenvalue weighted by atomic mass is 14.8. The predicted octanol–water partition coefficient (Wildman–Crippen LogP) is 3.37. The maximum atomic E-state index is 5.76. The van der Waals surface area contributed by atoms with Crippen LogP contribution in [0.2, 0.25) is 0 Å².